The van der Waals surface area contributed by atoms with Gasteiger partial charge in [0.1, 0.15) is 5.60 Å². The predicted octanol–water partition coefficient (Wildman–Crippen LogP) is 9.54. The molecule has 0 heterocycles. The lowest BCUT2D eigenvalue weighted by Crippen LogP contribution is -2.55. The SMILES string of the molecule is CC(C)CCC[C@H](C)[C@H]1CC[C@H]2[C@@H]3CC[C@@H]4C[C@](O)(C#Cc5ccc(Cl)cc5)CC[C@]4(C)[C@H]3CC[C@]12C. The van der Waals surface area contributed by atoms with Crippen LogP contribution in [-0.2, 0) is 0 Å². The van der Waals surface area contributed by atoms with Crippen molar-refractivity contribution in [1.82, 2.24) is 0 Å². The molecule has 37 heavy (non-hydrogen) atoms. The first-order valence-electron chi connectivity index (χ1n) is 15.6. The van der Waals surface area contributed by atoms with Crippen molar-refractivity contribution in [3.63, 3.8) is 0 Å². The highest BCUT2D eigenvalue weighted by Gasteiger charge is 2.61. The summed E-state index contributed by atoms with van der Waals surface area (Å²) in [7, 11) is 0. The largest absolute Gasteiger partial charge is 0.378 e. The molecule has 0 radical (unpaired) electrons. The van der Waals surface area contributed by atoms with Gasteiger partial charge in [0.25, 0.3) is 0 Å². The van der Waals surface area contributed by atoms with Crippen LogP contribution in [0.4, 0.5) is 0 Å². The summed E-state index contributed by atoms with van der Waals surface area (Å²) in [6, 6.07) is 7.67. The van der Waals surface area contributed by atoms with E-state index in [1.54, 1.807) is 0 Å². The zero-order valence-corrected chi connectivity index (χ0v) is 24.9. The number of rotatable bonds is 5. The normalized spacial score (nSPS) is 41.8. The second-order valence-electron chi connectivity index (χ2n) is 14.7. The molecule has 204 valence electrons. The smallest absolute Gasteiger partial charge is 0.126 e. The van der Waals surface area contributed by atoms with Gasteiger partial charge in [0.2, 0.25) is 0 Å². The molecular weight excluding hydrogens is 472 g/mol. The van der Waals surface area contributed by atoms with Gasteiger partial charge in [0, 0.05) is 10.6 Å². The first kappa shape index (κ1) is 27.6. The van der Waals surface area contributed by atoms with Gasteiger partial charge in [-0.3, -0.25) is 0 Å². The predicted molar refractivity (Wildman–Crippen MR) is 156 cm³/mol. The van der Waals surface area contributed by atoms with Crippen LogP contribution in [0.15, 0.2) is 24.3 Å². The van der Waals surface area contributed by atoms with Crippen LogP contribution in [0.2, 0.25) is 5.02 Å². The molecule has 0 unspecified atom stereocenters. The van der Waals surface area contributed by atoms with Gasteiger partial charge in [-0.1, -0.05) is 77.3 Å². The van der Waals surface area contributed by atoms with Gasteiger partial charge in [-0.25, -0.2) is 0 Å². The molecule has 0 bridgehead atoms. The van der Waals surface area contributed by atoms with E-state index in [-0.39, 0.29) is 0 Å². The van der Waals surface area contributed by atoms with E-state index < -0.39 is 5.60 Å². The minimum Gasteiger partial charge on any atom is -0.378 e. The van der Waals surface area contributed by atoms with Gasteiger partial charge in [-0.05, 0) is 134 Å². The van der Waals surface area contributed by atoms with Crippen LogP contribution in [0.3, 0.4) is 0 Å². The molecule has 1 aromatic carbocycles. The topological polar surface area (TPSA) is 20.2 Å². The molecule has 4 aliphatic carbocycles. The van der Waals surface area contributed by atoms with Gasteiger partial charge in [0.05, 0.1) is 0 Å². The number of aliphatic hydroxyl groups is 1. The fraction of sp³-hybridized carbons (Fsp3) is 0.771. The van der Waals surface area contributed by atoms with E-state index in [2.05, 4.69) is 46.5 Å². The highest BCUT2D eigenvalue weighted by Crippen LogP contribution is 2.68. The van der Waals surface area contributed by atoms with Crippen molar-refractivity contribution in [3.05, 3.63) is 34.9 Å². The van der Waals surface area contributed by atoms with E-state index in [4.69, 9.17) is 11.6 Å². The second-order valence-corrected chi connectivity index (χ2v) is 15.1. The average molecular weight is 523 g/mol. The maximum Gasteiger partial charge on any atom is 0.126 e. The summed E-state index contributed by atoms with van der Waals surface area (Å²) in [6.45, 7) is 12.6. The monoisotopic (exact) mass is 522 g/mol. The van der Waals surface area contributed by atoms with Crippen LogP contribution < -0.4 is 0 Å². The minimum absolute atomic E-state index is 0.374. The molecule has 0 spiro atoms. The zero-order valence-electron chi connectivity index (χ0n) is 24.2. The molecule has 9 atom stereocenters. The number of fused-ring (bicyclic) bond motifs is 5. The lowest BCUT2D eigenvalue weighted by Gasteiger charge is -2.62. The Morgan fingerprint density at radius 1 is 0.892 bits per heavy atom. The third kappa shape index (κ3) is 5.29. The van der Waals surface area contributed by atoms with Crippen molar-refractivity contribution in [3.8, 4) is 11.8 Å². The molecule has 4 saturated carbocycles. The average Bonchev–Trinajstić information content (AvgIpc) is 3.21. The number of hydrogen-bond donors (Lipinski definition) is 1. The van der Waals surface area contributed by atoms with Crippen LogP contribution in [0, 0.1) is 64.1 Å². The number of benzene rings is 1. The van der Waals surface area contributed by atoms with Crippen molar-refractivity contribution in [2.24, 2.45) is 52.3 Å². The summed E-state index contributed by atoms with van der Waals surface area (Å²) in [5.74, 6) is 12.5. The maximum atomic E-state index is 11.5. The van der Waals surface area contributed by atoms with E-state index in [0.717, 1.165) is 65.4 Å². The van der Waals surface area contributed by atoms with Gasteiger partial charge < -0.3 is 5.11 Å². The van der Waals surface area contributed by atoms with Gasteiger partial charge in [-0.15, -0.1) is 0 Å². The van der Waals surface area contributed by atoms with Crippen molar-refractivity contribution < 1.29 is 5.11 Å². The van der Waals surface area contributed by atoms with E-state index in [0.29, 0.717) is 16.7 Å². The van der Waals surface area contributed by atoms with Crippen LogP contribution in [0.5, 0.6) is 0 Å². The molecule has 1 N–H and O–H groups in total. The third-order valence-electron chi connectivity index (χ3n) is 12.2. The van der Waals surface area contributed by atoms with E-state index >= 15 is 0 Å². The molecule has 2 heteroatoms. The Balaban J connectivity index is 1.26. The minimum atomic E-state index is -0.844. The van der Waals surface area contributed by atoms with Crippen LogP contribution in [-0.4, -0.2) is 10.7 Å². The highest BCUT2D eigenvalue weighted by molar-refractivity contribution is 6.30. The molecule has 1 aromatic rings. The van der Waals surface area contributed by atoms with Crippen molar-refractivity contribution in [2.75, 3.05) is 0 Å². The summed E-state index contributed by atoms with van der Waals surface area (Å²) >= 11 is 6.03. The molecule has 5 rings (SSSR count). The van der Waals surface area contributed by atoms with Gasteiger partial charge >= 0.3 is 0 Å². The first-order chi connectivity index (χ1) is 17.5. The maximum absolute atomic E-state index is 11.5. The van der Waals surface area contributed by atoms with E-state index in [9.17, 15) is 5.11 Å². The summed E-state index contributed by atoms with van der Waals surface area (Å²) < 4.78 is 0. The molecular formula is C35H51ClO. The Kier molecular flexibility index (Phi) is 7.86. The Labute approximate surface area is 232 Å². The molecule has 0 saturated heterocycles. The molecule has 4 aliphatic rings. The van der Waals surface area contributed by atoms with Crippen molar-refractivity contribution >= 4 is 11.6 Å². The Bertz CT molecular complexity index is 1000. The highest BCUT2D eigenvalue weighted by atomic mass is 35.5. The Morgan fingerprint density at radius 2 is 1.62 bits per heavy atom. The fourth-order valence-electron chi connectivity index (χ4n) is 10.1. The zero-order chi connectivity index (χ0) is 26.4. The van der Waals surface area contributed by atoms with Gasteiger partial charge in [-0.2, -0.15) is 0 Å². The summed E-state index contributed by atoms with van der Waals surface area (Å²) in [5, 5.41) is 12.3. The van der Waals surface area contributed by atoms with Crippen LogP contribution in [0.1, 0.15) is 117 Å². The van der Waals surface area contributed by atoms with Gasteiger partial charge in [0.15, 0.2) is 0 Å². The first-order valence-corrected chi connectivity index (χ1v) is 15.9. The molecule has 0 aromatic heterocycles. The van der Waals surface area contributed by atoms with Crippen LogP contribution in [0.25, 0.3) is 0 Å². The lowest BCUT2D eigenvalue weighted by molar-refractivity contribution is -0.140. The molecule has 0 amide bonds. The van der Waals surface area contributed by atoms with Crippen LogP contribution >= 0.6 is 11.6 Å². The lowest BCUT2D eigenvalue weighted by atomic mass is 9.43. The third-order valence-corrected chi connectivity index (χ3v) is 12.5. The number of hydrogen-bond acceptors (Lipinski definition) is 1. The van der Waals surface area contributed by atoms with E-state index in [1.165, 1.54) is 57.8 Å². The summed E-state index contributed by atoms with van der Waals surface area (Å²) in [5.41, 5.74) is 1.03. The quantitative estimate of drug-likeness (QED) is 0.381. The van der Waals surface area contributed by atoms with Crippen molar-refractivity contribution in [1.29, 1.82) is 0 Å². The Hall–Kier alpha value is -0.970. The standard InChI is InChI=1S/C35H51ClO/c1-24(2)7-6-8-25(3)30-15-16-31-29-14-11-27-23-35(37,20-17-26-9-12-28(36)13-10-26)22-21-33(27,4)32(29)18-19-34(30,31)5/h9-10,12-13,24-25,27,29-32,37H,6-8,11,14-16,18-19,21-23H2,1-5H3/t25-,27+,29-,30+,31-,32-,33-,34+,35-/m0/s1. The molecule has 4 fully saturated rings. The number of halogens is 1. The summed E-state index contributed by atoms with van der Waals surface area (Å²) in [4.78, 5) is 0. The summed E-state index contributed by atoms with van der Waals surface area (Å²) in [6.07, 6.45) is 15.5. The fourth-order valence-corrected chi connectivity index (χ4v) is 10.2. The Morgan fingerprint density at radius 3 is 2.35 bits per heavy atom. The molecule has 0 aliphatic heterocycles. The van der Waals surface area contributed by atoms with E-state index in [1.807, 2.05) is 24.3 Å². The second kappa shape index (κ2) is 10.5. The van der Waals surface area contributed by atoms with Crippen molar-refractivity contribution in [2.45, 2.75) is 117 Å². The molecule has 1 nitrogen and oxygen atoms in total.